The summed E-state index contributed by atoms with van der Waals surface area (Å²) < 4.78 is 41.3. The fourth-order valence-electron chi connectivity index (χ4n) is 2.30. The Bertz CT molecular complexity index is 609. The lowest BCUT2D eigenvalue weighted by Gasteiger charge is -2.17. The maximum Gasteiger partial charge on any atom is 0.422 e. The highest BCUT2D eigenvalue weighted by Crippen LogP contribution is 2.20. The highest BCUT2D eigenvalue weighted by Gasteiger charge is 2.30. The first kappa shape index (κ1) is 17.8. The van der Waals surface area contributed by atoms with Gasteiger partial charge in [0, 0.05) is 31.4 Å². The lowest BCUT2D eigenvalue weighted by molar-refractivity contribution is -0.154. The number of nitrogens with one attached hydrogen (secondary N) is 1. The molecule has 0 unspecified atom stereocenters. The van der Waals surface area contributed by atoms with Crippen molar-refractivity contribution in [1.29, 1.82) is 0 Å². The van der Waals surface area contributed by atoms with E-state index < -0.39 is 24.7 Å². The molecule has 0 saturated carbocycles. The second-order valence-electron chi connectivity index (χ2n) is 5.36. The van der Waals surface area contributed by atoms with Gasteiger partial charge in [-0.2, -0.15) is 13.2 Å². The molecule has 0 spiro atoms. The van der Waals surface area contributed by atoms with Crippen molar-refractivity contribution in [2.75, 3.05) is 19.7 Å². The van der Waals surface area contributed by atoms with E-state index in [1.807, 2.05) is 0 Å². The molecule has 1 atom stereocenters. The summed E-state index contributed by atoms with van der Waals surface area (Å²) in [4.78, 5) is 28.3. The monoisotopic (exact) mass is 346 g/mol. The molecule has 1 saturated heterocycles. The van der Waals surface area contributed by atoms with Crippen molar-refractivity contribution in [3.05, 3.63) is 23.9 Å². The van der Waals surface area contributed by atoms with Crippen LogP contribution in [0, 0.1) is 5.92 Å². The zero-order valence-corrected chi connectivity index (χ0v) is 12.7. The Kier molecular flexibility index (Phi) is 5.47. The minimum atomic E-state index is -4.47. The van der Waals surface area contributed by atoms with Crippen LogP contribution >= 0.6 is 0 Å². The van der Waals surface area contributed by atoms with Crippen LogP contribution in [0.1, 0.15) is 12.0 Å². The first-order chi connectivity index (χ1) is 11.3. The smallest absolute Gasteiger partial charge is 0.422 e. The first-order valence-electron chi connectivity index (χ1n) is 7.22. The van der Waals surface area contributed by atoms with Crippen LogP contribution in [-0.2, 0) is 11.3 Å². The highest BCUT2D eigenvalue weighted by atomic mass is 19.4. The van der Waals surface area contributed by atoms with Gasteiger partial charge in [0.1, 0.15) is 0 Å². The summed E-state index contributed by atoms with van der Waals surface area (Å²) in [6.45, 7) is -0.884. The molecule has 132 valence electrons. The molecule has 10 heteroatoms. The van der Waals surface area contributed by atoms with Gasteiger partial charge in [0.15, 0.2) is 6.61 Å². The number of alkyl halides is 3. The van der Waals surface area contributed by atoms with Crippen LogP contribution in [0.5, 0.6) is 5.88 Å². The maximum absolute atomic E-state index is 12.2. The molecule has 3 amide bonds. The molecule has 1 aliphatic heterocycles. The minimum absolute atomic E-state index is 0.0440. The first-order valence-corrected chi connectivity index (χ1v) is 7.22. The molecule has 3 N–H and O–H groups in total. The average Bonchev–Trinajstić information content (AvgIpc) is 3.01. The van der Waals surface area contributed by atoms with Gasteiger partial charge in [-0.3, -0.25) is 4.79 Å². The third kappa shape index (κ3) is 5.00. The third-order valence-corrected chi connectivity index (χ3v) is 3.53. The number of nitrogens with zero attached hydrogens (tertiary/aromatic N) is 2. The number of nitrogens with two attached hydrogens (primary N) is 1. The van der Waals surface area contributed by atoms with Gasteiger partial charge >= 0.3 is 12.2 Å². The number of hydrogen-bond acceptors (Lipinski definition) is 4. The number of carbonyl (C=O) groups is 2. The van der Waals surface area contributed by atoms with Gasteiger partial charge in [0.2, 0.25) is 11.8 Å². The van der Waals surface area contributed by atoms with Crippen molar-refractivity contribution in [3.63, 3.8) is 0 Å². The van der Waals surface area contributed by atoms with Gasteiger partial charge in [-0.1, -0.05) is 6.07 Å². The van der Waals surface area contributed by atoms with Gasteiger partial charge < -0.3 is 20.7 Å². The largest absolute Gasteiger partial charge is 0.468 e. The molecule has 0 aliphatic carbocycles. The predicted octanol–water partition coefficient (Wildman–Crippen LogP) is 1.04. The third-order valence-electron chi connectivity index (χ3n) is 3.53. The van der Waals surface area contributed by atoms with E-state index in [1.165, 1.54) is 23.2 Å². The van der Waals surface area contributed by atoms with E-state index in [1.54, 1.807) is 0 Å². The van der Waals surface area contributed by atoms with Crippen LogP contribution in [0.25, 0.3) is 0 Å². The van der Waals surface area contributed by atoms with Crippen molar-refractivity contribution in [2.45, 2.75) is 19.1 Å². The normalized spacial score (nSPS) is 17.6. The van der Waals surface area contributed by atoms with Gasteiger partial charge in [-0.05, 0) is 12.5 Å². The quantitative estimate of drug-likeness (QED) is 0.832. The molecule has 7 nitrogen and oxygen atoms in total. The number of urea groups is 1. The van der Waals surface area contributed by atoms with Gasteiger partial charge in [-0.25, -0.2) is 9.78 Å². The predicted molar refractivity (Wildman–Crippen MR) is 76.9 cm³/mol. The molecule has 2 rings (SSSR count). The summed E-state index contributed by atoms with van der Waals surface area (Å²) in [5.41, 5.74) is 5.52. The summed E-state index contributed by atoms with van der Waals surface area (Å²) in [6.07, 6.45) is -2.68. The number of halogens is 3. The van der Waals surface area contributed by atoms with Gasteiger partial charge in [0.05, 0.1) is 5.92 Å². The minimum Gasteiger partial charge on any atom is -0.468 e. The van der Waals surface area contributed by atoms with E-state index in [4.69, 9.17) is 5.73 Å². The van der Waals surface area contributed by atoms with Crippen LogP contribution in [0.2, 0.25) is 0 Å². The Morgan fingerprint density at radius 3 is 2.83 bits per heavy atom. The number of aromatic nitrogens is 1. The highest BCUT2D eigenvalue weighted by molar-refractivity contribution is 5.80. The van der Waals surface area contributed by atoms with E-state index in [9.17, 15) is 22.8 Å². The maximum atomic E-state index is 12.2. The molecule has 24 heavy (non-hydrogen) atoms. The zero-order chi connectivity index (χ0) is 17.7. The number of rotatable bonds is 5. The Hall–Kier alpha value is -2.52. The number of likely N-dealkylation sites (tertiary alicyclic amines) is 1. The summed E-state index contributed by atoms with van der Waals surface area (Å²) in [7, 11) is 0. The summed E-state index contributed by atoms with van der Waals surface area (Å²) in [5.74, 6) is -1.02. The lowest BCUT2D eigenvalue weighted by atomic mass is 10.1. The van der Waals surface area contributed by atoms with Gasteiger partial charge in [-0.15, -0.1) is 0 Å². The van der Waals surface area contributed by atoms with Crippen molar-refractivity contribution >= 4 is 11.9 Å². The Morgan fingerprint density at radius 2 is 2.21 bits per heavy atom. The number of primary amides is 1. The number of carbonyl (C=O) groups excluding carboxylic acids is 2. The second kappa shape index (κ2) is 7.37. The molecular formula is C14H17F3N4O3. The van der Waals surface area contributed by atoms with E-state index in [-0.39, 0.29) is 24.9 Å². The lowest BCUT2D eigenvalue weighted by Crippen LogP contribution is -2.39. The number of ether oxygens (including phenoxy) is 1. The molecule has 0 radical (unpaired) electrons. The van der Waals surface area contributed by atoms with E-state index in [0.29, 0.717) is 18.5 Å². The van der Waals surface area contributed by atoms with Crippen LogP contribution < -0.4 is 15.8 Å². The van der Waals surface area contributed by atoms with E-state index in [2.05, 4.69) is 15.0 Å². The molecule has 1 aromatic heterocycles. The van der Waals surface area contributed by atoms with E-state index in [0.717, 1.165) is 0 Å². The fourth-order valence-corrected chi connectivity index (χ4v) is 2.30. The second-order valence-corrected chi connectivity index (χ2v) is 5.36. The SMILES string of the molecule is NC(=O)[C@@H]1CCN(C(=O)NCc2cccnc2OCC(F)(F)F)C1. The summed E-state index contributed by atoms with van der Waals surface area (Å²) in [5, 5.41) is 2.57. The molecule has 0 bridgehead atoms. The fraction of sp³-hybridized carbons (Fsp3) is 0.500. The van der Waals surface area contributed by atoms with Crippen LogP contribution in [0.3, 0.4) is 0 Å². The van der Waals surface area contributed by atoms with Crippen LogP contribution in [-0.4, -0.2) is 47.7 Å². The van der Waals surface area contributed by atoms with Crippen molar-refractivity contribution in [1.82, 2.24) is 15.2 Å². The topological polar surface area (TPSA) is 97.6 Å². The molecule has 2 heterocycles. The Morgan fingerprint density at radius 1 is 1.46 bits per heavy atom. The Balaban J connectivity index is 1.90. The van der Waals surface area contributed by atoms with Crippen molar-refractivity contribution in [2.24, 2.45) is 11.7 Å². The van der Waals surface area contributed by atoms with Crippen molar-refractivity contribution in [3.8, 4) is 5.88 Å². The van der Waals surface area contributed by atoms with Gasteiger partial charge in [0.25, 0.3) is 0 Å². The summed E-state index contributed by atoms with van der Waals surface area (Å²) >= 11 is 0. The van der Waals surface area contributed by atoms with E-state index >= 15 is 0 Å². The molecule has 1 aromatic rings. The Labute approximate surface area is 136 Å². The molecule has 0 aromatic carbocycles. The zero-order valence-electron chi connectivity index (χ0n) is 12.7. The molecule has 1 aliphatic rings. The number of hydrogen-bond donors (Lipinski definition) is 2. The van der Waals surface area contributed by atoms with Crippen LogP contribution in [0.4, 0.5) is 18.0 Å². The molecular weight excluding hydrogens is 329 g/mol. The number of pyridine rings is 1. The summed E-state index contributed by atoms with van der Waals surface area (Å²) in [6, 6.07) is 2.61. The van der Waals surface area contributed by atoms with Crippen LogP contribution in [0.15, 0.2) is 18.3 Å². The molecule has 1 fully saturated rings. The standard InChI is InChI=1S/C14H17F3N4O3/c15-14(16,17)8-24-12-9(2-1-4-19-12)6-20-13(23)21-5-3-10(7-21)11(18)22/h1-2,4,10H,3,5-8H2,(H2,18,22)(H,20,23)/t10-/m1/s1. The number of amides is 3. The van der Waals surface area contributed by atoms with Crippen molar-refractivity contribution < 1.29 is 27.5 Å². The average molecular weight is 346 g/mol.